The summed E-state index contributed by atoms with van der Waals surface area (Å²) >= 11 is 0. The molecule has 1 aromatic carbocycles. The van der Waals surface area contributed by atoms with Crippen LogP contribution in [0.25, 0.3) is 0 Å². The molecule has 3 N–H and O–H groups in total. The number of nitrogen functional groups attached to an aromatic ring is 1. The van der Waals surface area contributed by atoms with Crippen LogP contribution in [0.3, 0.4) is 0 Å². The molecule has 0 aliphatic rings. The van der Waals surface area contributed by atoms with Crippen molar-refractivity contribution in [1.82, 2.24) is 9.78 Å². The van der Waals surface area contributed by atoms with Crippen LogP contribution in [0, 0.1) is 10.1 Å². The van der Waals surface area contributed by atoms with E-state index in [1.54, 1.807) is 30.2 Å². The van der Waals surface area contributed by atoms with E-state index in [0.717, 1.165) is 5.69 Å². The molecule has 0 atom stereocenters. The van der Waals surface area contributed by atoms with Gasteiger partial charge in [0.15, 0.2) is 0 Å². The van der Waals surface area contributed by atoms with E-state index in [2.05, 4.69) is 10.4 Å². The maximum absolute atomic E-state index is 10.7. The molecule has 0 amide bonds. The highest BCUT2D eigenvalue weighted by atomic mass is 16.6. The number of nitrogens with one attached hydrogen (secondary N) is 1. The molecule has 0 radical (unpaired) electrons. The molecule has 7 nitrogen and oxygen atoms in total. The predicted molar refractivity (Wildman–Crippen MR) is 64.0 cm³/mol. The van der Waals surface area contributed by atoms with Gasteiger partial charge in [-0.15, -0.1) is 0 Å². The third kappa shape index (κ3) is 2.51. The van der Waals surface area contributed by atoms with Crippen LogP contribution in [0.2, 0.25) is 0 Å². The molecule has 1 heterocycles. The molecule has 0 bridgehead atoms. The molecule has 0 fully saturated rings. The highest BCUT2D eigenvalue weighted by Crippen LogP contribution is 2.24. The minimum absolute atomic E-state index is 0.0450. The number of aromatic nitrogens is 2. The molecule has 1 aromatic heterocycles. The number of aryl methyl sites for hydroxylation is 1. The maximum atomic E-state index is 10.7. The molecule has 0 aliphatic heterocycles. The zero-order valence-corrected chi connectivity index (χ0v) is 9.12. The number of nitro benzene ring substituents is 1. The topological polar surface area (TPSA) is 99.0 Å². The van der Waals surface area contributed by atoms with Crippen LogP contribution in [-0.2, 0) is 7.05 Å². The molecule has 7 heteroatoms. The first-order valence-corrected chi connectivity index (χ1v) is 4.85. The van der Waals surface area contributed by atoms with E-state index >= 15 is 0 Å². The Hall–Kier alpha value is -2.57. The Morgan fingerprint density at radius 3 is 2.76 bits per heavy atom. The van der Waals surface area contributed by atoms with Crippen molar-refractivity contribution in [2.75, 3.05) is 11.1 Å². The summed E-state index contributed by atoms with van der Waals surface area (Å²) in [7, 11) is 1.78. The fourth-order valence-electron chi connectivity index (χ4n) is 1.46. The summed E-state index contributed by atoms with van der Waals surface area (Å²) in [5, 5.41) is 17.6. The lowest BCUT2D eigenvalue weighted by Crippen LogP contribution is -1.95. The second-order valence-corrected chi connectivity index (χ2v) is 3.60. The maximum Gasteiger partial charge on any atom is 0.273 e. The summed E-state index contributed by atoms with van der Waals surface area (Å²) in [5.74, 6) is 0. The number of rotatable bonds is 3. The van der Waals surface area contributed by atoms with Gasteiger partial charge in [0, 0.05) is 36.8 Å². The largest absolute Gasteiger partial charge is 0.398 e. The summed E-state index contributed by atoms with van der Waals surface area (Å²) in [6.07, 6.45) is 3.38. The standard InChI is InChI=1S/C10H11N5O2/c1-14-6-9(5-12-14)13-8-2-7(11)3-10(4-8)15(16)17/h2-6,13H,11H2,1H3. The second kappa shape index (κ2) is 4.12. The van der Waals surface area contributed by atoms with E-state index in [0.29, 0.717) is 11.4 Å². The Morgan fingerprint density at radius 2 is 2.18 bits per heavy atom. The average molecular weight is 233 g/mol. The minimum atomic E-state index is -0.481. The van der Waals surface area contributed by atoms with E-state index in [4.69, 9.17) is 5.73 Å². The summed E-state index contributed by atoms with van der Waals surface area (Å²) in [6, 6.07) is 4.36. The smallest absolute Gasteiger partial charge is 0.273 e. The van der Waals surface area contributed by atoms with Gasteiger partial charge >= 0.3 is 0 Å². The zero-order chi connectivity index (χ0) is 12.4. The predicted octanol–water partition coefficient (Wildman–Crippen LogP) is 1.65. The summed E-state index contributed by atoms with van der Waals surface area (Å²) in [5.41, 5.74) is 7.19. The van der Waals surface area contributed by atoms with Gasteiger partial charge < -0.3 is 11.1 Å². The van der Waals surface area contributed by atoms with Crippen molar-refractivity contribution in [3.8, 4) is 0 Å². The average Bonchev–Trinajstić information content (AvgIpc) is 2.63. The van der Waals surface area contributed by atoms with Crippen LogP contribution >= 0.6 is 0 Å². The van der Waals surface area contributed by atoms with Crippen molar-refractivity contribution < 1.29 is 4.92 Å². The number of nitrogens with two attached hydrogens (primary N) is 1. The van der Waals surface area contributed by atoms with Gasteiger partial charge in [0.2, 0.25) is 0 Å². The van der Waals surface area contributed by atoms with Crippen LogP contribution in [0.1, 0.15) is 0 Å². The summed E-state index contributed by atoms with van der Waals surface area (Å²) in [6.45, 7) is 0. The fraction of sp³-hybridized carbons (Fsp3) is 0.100. The van der Waals surface area contributed by atoms with E-state index < -0.39 is 4.92 Å². The SMILES string of the molecule is Cn1cc(Nc2cc(N)cc([N+](=O)[O-])c2)cn1. The second-order valence-electron chi connectivity index (χ2n) is 3.60. The zero-order valence-electron chi connectivity index (χ0n) is 9.12. The van der Waals surface area contributed by atoms with Crippen LogP contribution in [0.5, 0.6) is 0 Å². The van der Waals surface area contributed by atoms with Crippen LogP contribution in [0.4, 0.5) is 22.7 Å². The number of nitro groups is 1. The molecule has 0 spiro atoms. The van der Waals surface area contributed by atoms with Crippen molar-refractivity contribution >= 4 is 22.7 Å². The first kappa shape index (κ1) is 10.9. The van der Waals surface area contributed by atoms with Gasteiger partial charge in [-0.3, -0.25) is 14.8 Å². The normalized spacial score (nSPS) is 10.2. The molecule has 17 heavy (non-hydrogen) atoms. The van der Waals surface area contributed by atoms with Crippen molar-refractivity contribution in [3.63, 3.8) is 0 Å². The van der Waals surface area contributed by atoms with E-state index in [1.165, 1.54) is 12.1 Å². The lowest BCUT2D eigenvalue weighted by Gasteiger charge is -2.04. The molecule has 88 valence electrons. The van der Waals surface area contributed by atoms with E-state index in [9.17, 15) is 10.1 Å². The minimum Gasteiger partial charge on any atom is -0.398 e. The van der Waals surface area contributed by atoms with Gasteiger partial charge in [-0.2, -0.15) is 5.10 Å². The first-order chi connectivity index (χ1) is 8.04. The Bertz CT molecular complexity index is 564. The molecule has 0 saturated carbocycles. The van der Waals surface area contributed by atoms with Crippen molar-refractivity contribution in [2.24, 2.45) is 7.05 Å². The molecule has 2 rings (SSSR count). The lowest BCUT2D eigenvalue weighted by atomic mass is 10.2. The Kier molecular flexibility index (Phi) is 2.65. The highest BCUT2D eigenvalue weighted by Gasteiger charge is 2.08. The number of anilines is 3. The first-order valence-electron chi connectivity index (χ1n) is 4.85. The van der Waals surface area contributed by atoms with Crippen LogP contribution < -0.4 is 11.1 Å². The van der Waals surface area contributed by atoms with Crippen molar-refractivity contribution in [3.05, 3.63) is 40.7 Å². The van der Waals surface area contributed by atoms with Gasteiger partial charge in [0.25, 0.3) is 5.69 Å². The number of hydrogen-bond donors (Lipinski definition) is 2. The highest BCUT2D eigenvalue weighted by molar-refractivity contribution is 5.66. The molecule has 2 aromatic rings. The van der Waals surface area contributed by atoms with Gasteiger partial charge in [-0.05, 0) is 6.07 Å². The summed E-state index contributed by atoms with van der Waals surface area (Å²) < 4.78 is 1.63. The third-order valence-corrected chi connectivity index (χ3v) is 2.14. The lowest BCUT2D eigenvalue weighted by molar-refractivity contribution is -0.384. The molecular formula is C10H11N5O2. The molecule has 0 saturated heterocycles. The molecule has 0 unspecified atom stereocenters. The van der Waals surface area contributed by atoms with Gasteiger partial charge in [0.1, 0.15) is 0 Å². The van der Waals surface area contributed by atoms with Crippen molar-refractivity contribution in [2.45, 2.75) is 0 Å². The fourth-order valence-corrected chi connectivity index (χ4v) is 1.46. The number of benzene rings is 1. The summed E-state index contributed by atoms with van der Waals surface area (Å²) in [4.78, 5) is 10.2. The van der Waals surface area contributed by atoms with Crippen LogP contribution in [-0.4, -0.2) is 14.7 Å². The molecular weight excluding hydrogens is 222 g/mol. The Morgan fingerprint density at radius 1 is 1.41 bits per heavy atom. The molecule has 0 aliphatic carbocycles. The Labute approximate surface area is 97.0 Å². The number of hydrogen-bond acceptors (Lipinski definition) is 5. The third-order valence-electron chi connectivity index (χ3n) is 2.14. The van der Waals surface area contributed by atoms with Gasteiger partial charge in [-0.1, -0.05) is 0 Å². The number of non-ortho nitro benzene ring substituents is 1. The van der Waals surface area contributed by atoms with Gasteiger partial charge in [-0.25, -0.2) is 0 Å². The monoisotopic (exact) mass is 233 g/mol. The van der Waals surface area contributed by atoms with Gasteiger partial charge in [0.05, 0.1) is 16.8 Å². The van der Waals surface area contributed by atoms with E-state index in [1.807, 2.05) is 0 Å². The van der Waals surface area contributed by atoms with E-state index in [-0.39, 0.29) is 5.69 Å². The Balaban J connectivity index is 2.29. The van der Waals surface area contributed by atoms with Crippen LogP contribution in [0.15, 0.2) is 30.6 Å². The van der Waals surface area contributed by atoms with Crippen molar-refractivity contribution in [1.29, 1.82) is 0 Å². The number of nitrogens with zero attached hydrogens (tertiary/aromatic N) is 3. The quantitative estimate of drug-likeness (QED) is 0.477.